The fraction of sp³-hybridized carbons (Fsp3) is 0.176. The number of aromatic nitrogens is 2. The number of ether oxygens (including phenoxy) is 1. The van der Waals surface area contributed by atoms with Gasteiger partial charge in [-0.15, -0.1) is 10.2 Å². The maximum Gasteiger partial charge on any atom is 0.283 e. The van der Waals surface area contributed by atoms with Gasteiger partial charge in [-0.1, -0.05) is 18.2 Å². The molecule has 3 aromatic rings. The number of aryl methyl sites for hydroxylation is 1. The zero-order chi connectivity index (χ0) is 17.8. The minimum Gasteiger partial charge on any atom is -0.497 e. The second-order valence-corrected chi connectivity index (χ2v) is 6.31. The zero-order valence-electron chi connectivity index (χ0n) is 13.6. The van der Waals surface area contributed by atoms with E-state index in [4.69, 9.17) is 9.15 Å². The van der Waals surface area contributed by atoms with Crippen molar-refractivity contribution in [1.29, 1.82) is 0 Å². The Balaban J connectivity index is 1.74. The number of rotatable bonds is 6. The maximum atomic E-state index is 11.2. The van der Waals surface area contributed by atoms with Gasteiger partial charge in [-0.3, -0.25) is 10.1 Å². The van der Waals surface area contributed by atoms with E-state index < -0.39 is 4.92 Å². The van der Waals surface area contributed by atoms with Crippen molar-refractivity contribution in [1.82, 2.24) is 10.2 Å². The molecular formula is C17H15N3O4S. The molecule has 25 heavy (non-hydrogen) atoms. The van der Waals surface area contributed by atoms with Crippen LogP contribution in [0.5, 0.6) is 5.75 Å². The number of nitrogens with zero attached hydrogens (tertiary/aromatic N) is 3. The number of nitro groups is 1. The molecule has 0 amide bonds. The summed E-state index contributed by atoms with van der Waals surface area (Å²) < 4.78 is 10.7. The van der Waals surface area contributed by atoms with Crippen LogP contribution < -0.4 is 4.74 Å². The van der Waals surface area contributed by atoms with E-state index in [0.717, 1.165) is 28.6 Å². The predicted molar refractivity (Wildman–Crippen MR) is 92.1 cm³/mol. The topological polar surface area (TPSA) is 91.3 Å². The maximum absolute atomic E-state index is 11.2. The highest BCUT2D eigenvalue weighted by molar-refractivity contribution is 7.99. The lowest BCUT2D eigenvalue weighted by Crippen LogP contribution is -1.91. The molecule has 1 aromatic heterocycles. The molecule has 0 fully saturated rings. The van der Waals surface area contributed by atoms with Crippen LogP contribution in [0.25, 0.3) is 0 Å². The Hall–Kier alpha value is -2.87. The summed E-state index contributed by atoms with van der Waals surface area (Å²) in [5, 5.41) is 19.4. The molecule has 0 aliphatic carbocycles. The molecule has 0 bridgehead atoms. The quantitative estimate of drug-likeness (QED) is 0.485. The zero-order valence-corrected chi connectivity index (χ0v) is 14.4. The molecule has 3 rings (SSSR count). The van der Waals surface area contributed by atoms with Crippen molar-refractivity contribution in [3.05, 3.63) is 69.6 Å². The van der Waals surface area contributed by atoms with Crippen LogP contribution >= 0.6 is 11.8 Å². The lowest BCUT2D eigenvalue weighted by Gasteiger charge is -2.01. The molecule has 0 unspecified atom stereocenters. The number of hydrogen-bond acceptors (Lipinski definition) is 7. The van der Waals surface area contributed by atoms with Gasteiger partial charge in [-0.2, -0.15) is 0 Å². The van der Waals surface area contributed by atoms with Gasteiger partial charge in [0.1, 0.15) is 5.75 Å². The molecule has 1 heterocycles. The molecule has 0 spiro atoms. The predicted octanol–water partition coefficient (Wildman–Crippen LogP) is 4.04. The van der Waals surface area contributed by atoms with Gasteiger partial charge in [-0.05, 0) is 48.0 Å². The first-order valence-corrected chi connectivity index (χ1v) is 8.25. The minimum absolute atomic E-state index is 0.0277. The number of nitro benzene ring substituents is 1. The van der Waals surface area contributed by atoms with Crippen LogP contribution in [0.1, 0.15) is 17.0 Å². The summed E-state index contributed by atoms with van der Waals surface area (Å²) in [5.74, 6) is 1.22. The van der Waals surface area contributed by atoms with E-state index in [1.165, 1.54) is 6.07 Å². The fourth-order valence-electron chi connectivity index (χ4n) is 2.22. The van der Waals surface area contributed by atoms with Crippen LogP contribution in [0, 0.1) is 17.0 Å². The van der Waals surface area contributed by atoms with E-state index in [1.54, 1.807) is 20.1 Å². The highest BCUT2D eigenvalue weighted by Gasteiger charge is 2.18. The second kappa shape index (κ2) is 7.35. The first-order chi connectivity index (χ1) is 12.0. The van der Waals surface area contributed by atoms with Crippen molar-refractivity contribution in [2.45, 2.75) is 23.5 Å². The molecule has 0 saturated carbocycles. The summed E-state index contributed by atoms with van der Waals surface area (Å²) in [6, 6.07) is 12.6. The van der Waals surface area contributed by atoms with Crippen LogP contribution in [0.2, 0.25) is 0 Å². The van der Waals surface area contributed by atoms with Gasteiger partial charge in [0.15, 0.2) is 0 Å². The first-order valence-electron chi connectivity index (χ1n) is 7.43. The lowest BCUT2D eigenvalue weighted by atomic mass is 10.1. The van der Waals surface area contributed by atoms with Crippen molar-refractivity contribution in [3.63, 3.8) is 0 Å². The summed E-state index contributed by atoms with van der Waals surface area (Å²) in [6.45, 7) is 1.81. The summed E-state index contributed by atoms with van der Waals surface area (Å²) in [7, 11) is 1.61. The molecular weight excluding hydrogens is 342 g/mol. The van der Waals surface area contributed by atoms with Crippen molar-refractivity contribution in [2.24, 2.45) is 0 Å². The van der Waals surface area contributed by atoms with Gasteiger partial charge < -0.3 is 9.15 Å². The van der Waals surface area contributed by atoms with Gasteiger partial charge in [0.25, 0.3) is 10.9 Å². The number of hydrogen-bond donors (Lipinski definition) is 0. The molecule has 0 N–H and O–H groups in total. The smallest absolute Gasteiger partial charge is 0.283 e. The molecule has 0 atom stereocenters. The molecule has 0 aliphatic rings. The molecule has 0 saturated heterocycles. The van der Waals surface area contributed by atoms with Gasteiger partial charge in [0, 0.05) is 6.07 Å². The summed E-state index contributed by atoms with van der Waals surface area (Å²) >= 11 is 1.09. The normalized spacial score (nSPS) is 10.6. The first kappa shape index (κ1) is 17.0. The van der Waals surface area contributed by atoms with E-state index in [0.29, 0.717) is 17.2 Å². The van der Waals surface area contributed by atoms with Gasteiger partial charge in [0.05, 0.1) is 23.3 Å². The molecule has 8 heteroatoms. The Morgan fingerprint density at radius 3 is 2.64 bits per heavy atom. The van der Waals surface area contributed by atoms with Crippen LogP contribution in [-0.2, 0) is 6.42 Å². The van der Waals surface area contributed by atoms with E-state index in [9.17, 15) is 10.1 Å². The summed E-state index contributed by atoms with van der Waals surface area (Å²) in [4.78, 5) is 11.2. The summed E-state index contributed by atoms with van der Waals surface area (Å²) in [5.41, 5.74) is 1.85. The summed E-state index contributed by atoms with van der Waals surface area (Å²) in [6.07, 6.45) is 0.480. The highest BCUT2D eigenvalue weighted by Crippen LogP contribution is 2.34. The van der Waals surface area contributed by atoms with Gasteiger partial charge in [-0.25, -0.2) is 0 Å². The lowest BCUT2D eigenvalue weighted by molar-refractivity contribution is -0.387. The monoisotopic (exact) mass is 357 g/mol. The molecule has 7 nitrogen and oxygen atoms in total. The third-order valence-corrected chi connectivity index (χ3v) is 4.38. The third kappa shape index (κ3) is 4.16. The van der Waals surface area contributed by atoms with Gasteiger partial charge in [0.2, 0.25) is 5.89 Å². The third-order valence-electron chi connectivity index (χ3n) is 3.47. The Labute approximate surface area is 148 Å². The molecule has 128 valence electrons. The molecule has 2 aromatic carbocycles. The van der Waals surface area contributed by atoms with E-state index in [1.807, 2.05) is 30.3 Å². The molecule has 0 aliphatic heterocycles. The van der Waals surface area contributed by atoms with Crippen LogP contribution in [0.15, 0.2) is 57.0 Å². The van der Waals surface area contributed by atoms with Crippen LogP contribution in [0.3, 0.4) is 0 Å². The van der Waals surface area contributed by atoms with E-state index >= 15 is 0 Å². The Kier molecular flexibility index (Phi) is 4.99. The second-order valence-electron chi connectivity index (χ2n) is 5.32. The standard InChI is InChI=1S/C17H15N3O4S/c1-11-3-8-15(14(9-11)20(21)22)25-17-19-18-16(24-17)10-12-4-6-13(23-2)7-5-12/h3-9H,10H2,1-2H3. The van der Waals surface area contributed by atoms with Crippen molar-refractivity contribution in [3.8, 4) is 5.75 Å². The highest BCUT2D eigenvalue weighted by atomic mass is 32.2. The molecule has 0 radical (unpaired) electrons. The number of benzene rings is 2. The Bertz CT molecular complexity index is 893. The fourth-order valence-corrected chi connectivity index (χ4v) is 3.00. The largest absolute Gasteiger partial charge is 0.497 e. The van der Waals surface area contributed by atoms with Crippen molar-refractivity contribution < 1.29 is 14.1 Å². The number of methoxy groups -OCH3 is 1. The van der Waals surface area contributed by atoms with Crippen molar-refractivity contribution in [2.75, 3.05) is 7.11 Å². The van der Waals surface area contributed by atoms with Crippen LogP contribution in [-0.4, -0.2) is 22.2 Å². The Morgan fingerprint density at radius 1 is 1.20 bits per heavy atom. The minimum atomic E-state index is -0.413. The average molecular weight is 357 g/mol. The van der Waals surface area contributed by atoms with E-state index in [2.05, 4.69) is 10.2 Å². The van der Waals surface area contributed by atoms with Gasteiger partial charge >= 0.3 is 0 Å². The van der Waals surface area contributed by atoms with Crippen molar-refractivity contribution >= 4 is 17.4 Å². The Morgan fingerprint density at radius 2 is 1.96 bits per heavy atom. The van der Waals surface area contributed by atoms with E-state index in [-0.39, 0.29) is 10.9 Å². The van der Waals surface area contributed by atoms with Crippen LogP contribution in [0.4, 0.5) is 5.69 Å². The average Bonchev–Trinajstić information content (AvgIpc) is 3.04. The SMILES string of the molecule is COc1ccc(Cc2nnc(Sc3ccc(C)cc3[N+](=O)[O-])o2)cc1.